The Bertz CT molecular complexity index is 1010. The molecule has 0 aliphatic rings. The van der Waals surface area contributed by atoms with Gasteiger partial charge in [-0.15, -0.1) is 0 Å². The maximum atomic E-state index is 13.2. The van der Waals surface area contributed by atoms with Crippen LogP contribution in [0.2, 0.25) is 0 Å². The van der Waals surface area contributed by atoms with Crippen LogP contribution in [-0.2, 0) is 30.4 Å². The number of primary amides is 2. The molecular weight excluding hydrogens is 508 g/mol. The van der Waals surface area contributed by atoms with E-state index >= 15 is 0 Å². The van der Waals surface area contributed by atoms with Crippen LogP contribution >= 0.6 is 0 Å². The van der Waals surface area contributed by atoms with E-state index in [2.05, 4.69) is 20.9 Å². The smallest absolute Gasteiger partial charge is 0.249 e. The minimum Gasteiger partial charge on any atom is -0.383 e. The molecule has 0 bridgehead atoms. The fourth-order valence-electron chi connectivity index (χ4n) is 3.64. The lowest BCUT2D eigenvalue weighted by atomic mass is 10.0. The molecule has 0 radical (unpaired) electrons. The molecule has 0 aliphatic heterocycles. The summed E-state index contributed by atoms with van der Waals surface area (Å²) in [7, 11) is 0. The van der Waals surface area contributed by atoms with Crippen molar-refractivity contribution in [2.45, 2.75) is 70.2 Å². The zero-order chi connectivity index (χ0) is 29.5. The molecule has 5 amide bonds. The number of amides is 5. The van der Waals surface area contributed by atoms with Crippen molar-refractivity contribution in [1.82, 2.24) is 16.0 Å². The summed E-state index contributed by atoms with van der Waals surface area (Å²) >= 11 is 0. The number of aliphatic imine (C=N–C) groups is 1. The third kappa shape index (κ3) is 13.2. The maximum absolute atomic E-state index is 13.2. The highest BCUT2D eigenvalue weighted by molar-refractivity contribution is 5.95. The summed E-state index contributed by atoms with van der Waals surface area (Å²) in [6, 6.07) is 5.24. The zero-order valence-corrected chi connectivity index (χ0v) is 22.3. The highest BCUT2D eigenvalue weighted by Gasteiger charge is 2.31. The molecule has 0 fully saturated rings. The zero-order valence-electron chi connectivity index (χ0n) is 22.3. The minimum atomic E-state index is -1.40. The average Bonchev–Trinajstić information content (AvgIpc) is 2.84. The molecule has 0 heterocycles. The summed E-state index contributed by atoms with van der Waals surface area (Å²) in [5, 5.41) is 17.9. The number of nitrogens with zero attached hydrogens (tertiary/aromatic N) is 1. The first-order chi connectivity index (χ1) is 18.3. The standard InChI is InChI=1S/C25H40N8O6/c1-14(2)11-18(33-24(39)19(34)12-15-7-4-3-5-8-15)23(38)31-16(9-6-10-30-25(28)29)22(37)32-17(21(27)36)13-20(26)35/h3-5,7-8,14,16-19,34H,6,9-13H2,1-2H3,(H2,26,35)(H2,27,36)(H,31,38)(H,32,37)(H,33,39)(H4,28,29,30)/t16-,17?,18?,19-/m0/s1. The second-order valence-electron chi connectivity index (χ2n) is 9.54. The van der Waals surface area contributed by atoms with Gasteiger partial charge in [-0.1, -0.05) is 44.2 Å². The Morgan fingerprint density at radius 1 is 0.846 bits per heavy atom. The lowest BCUT2D eigenvalue weighted by molar-refractivity contribution is -0.136. The number of guanidine groups is 1. The molecule has 1 aromatic rings. The van der Waals surface area contributed by atoms with Crippen LogP contribution in [0.1, 0.15) is 45.1 Å². The number of hydrogen-bond acceptors (Lipinski definition) is 7. The Labute approximate surface area is 227 Å². The Hall–Kier alpha value is -4.20. The number of benzene rings is 1. The van der Waals surface area contributed by atoms with Crippen LogP contribution in [-0.4, -0.2) is 71.4 Å². The summed E-state index contributed by atoms with van der Waals surface area (Å²) in [4.78, 5) is 65.7. The molecule has 0 saturated heterocycles. The van der Waals surface area contributed by atoms with E-state index in [1.54, 1.807) is 24.3 Å². The fraction of sp³-hybridized carbons (Fsp3) is 0.520. The SMILES string of the molecule is CC(C)CC(NC(=O)[C@@H](O)Cc1ccccc1)C(=O)N[C@@H](CCCN=C(N)N)C(=O)NC(CC(N)=O)C(N)=O. The molecule has 2 unspecified atom stereocenters. The van der Waals surface area contributed by atoms with Gasteiger partial charge in [0.2, 0.25) is 29.5 Å². The van der Waals surface area contributed by atoms with Gasteiger partial charge in [-0.3, -0.25) is 29.0 Å². The lowest BCUT2D eigenvalue weighted by Crippen LogP contribution is -2.57. The molecule has 0 aromatic heterocycles. The van der Waals surface area contributed by atoms with E-state index in [0.29, 0.717) is 0 Å². The van der Waals surface area contributed by atoms with Crippen molar-refractivity contribution < 1.29 is 29.1 Å². The molecule has 39 heavy (non-hydrogen) atoms. The van der Waals surface area contributed by atoms with Crippen LogP contribution in [0.3, 0.4) is 0 Å². The molecule has 0 saturated carbocycles. The molecular formula is C25H40N8O6. The highest BCUT2D eigenvalue weighted by Crippen LogP contribution is 2.09. The molecule has 0 aliphatic carbocycles. The number of carbonyl (C=O) groups excluding carboxylic acids is 5. The van der Waals surface area contributed by atoms with Gasteiger partial charge in [0, 0.05) is 13.0 Å². The van der Waals surface area contributed by atoms with Gasteiger partial charge in [-0.25, -0.2) is 0 Å². The van der Waals surface area contributed by atoms with Crippen molar-refractivity contribution in [1.29, 1.82) is 0 Å². The molecule has 14 nitrogen and oxygen atoms in total. The molecule has 4 atom stereocenters. The predicted octanol–water partition coefficient (Wildman–Crippen LogP) is -2.50. The first kappa shape index (κ1) is 32.8. The number of rotatable bonds is 17. The number of hydrogen-bond donors (Lipinski definition) is 8. The van der Waals surface area contributed by atoms with E-state index in [-0.39, 0.29) is 44.1 Å². The van der Waals surface area contributed by atoms with E-state index in [4.69, 9.17) is 22.9 Å². The van der Waals surface area contributed by atoms with Gasteiger partial charge in [-0.05, 0) is 30.7 Å². The Kier molecular flexibility index (Phi) is 14.0. The number of aliphatic hydroxyl groups is 1. The molecule has 216 valence electrons. The largest absolute Gasteiger partial charge is 0.383 e. The minimum absolute atomic E-state index is 0.0312. The van der Waals surface area contributed by atoms with Crippen molar-refractivity contribution in [2.75, 3.05) is 6.54 Å². The third-order valence-corrected chi connectivity index (χ3v) is 5.56. The van der Waals surface area contributed by atoms with Crippen molar-refractivity contribution in [3.05, 3.63) is 35.9 Å². The molecule has 12 N–H and O–H groups in total. The number of nitrogens with two attached hydrogens (primary N) is 4. The van der Waals surface area contributed by atoms with Crippen molar-refractivity contribution in [2.24, 2.45) is 33.8 Å². The van der Waals surface area contributed by atoms with Gasteiger partial charge in [0.15, 0.2) is 5.96 Å². The maximum Gasteiger partial charge on any atom is 0.249 e. The summed E-state index contributed by atoms with van der Waals surface area (Å²) in [6.07, 6.45) is -1.35. The second kappa shape index (κ2) is 16.6. The van der Waals surface area contributed by atoms with Crippen molar-refractivity contribution >= 4 is 35.5 Å². The summed E-state index contributed by atoms with van der Waals surface area (Å²) in [5.41, 5.74) is 21.8. The van der Waals surface area contributed by atoms with Crippen LogP contribution in [0.5, 0.6) is 0 Å². The van der Waals surface area contributed by atoms with E-state index in [1.807, 2.05) is 19.9 Å². The number of nitrogens with one attached hydrogen (secondary N) is 3. The number of carbonyl (C=O) groups is 5. The van der Waals surface area contributed by atoms with Gasteiger partial charge in [0.05, 0.1) is 6.42 Å². The van der Waals surface area contributed by atoms with Gasteiger partial charge >= 0.3 is 0 Å². The topological polar surface area (TPSA) is 258 Å². The van der Waals surface area contributed by atoms with E-state index < -0.39 is 60.2 Å². The van der Waals surface area contributed by atoms with Crippen molar-refractivity contribution in [3.63, 3.8) is 0 Å². The lowest BCUT2D eigenvalue weighted by Gasteiger charge is -2.26. The average molecular weight is 549 g/mol. The first-order valence-corrected chi connectivity index (χ1v) is 12.6. The van der Waals surface area contributed by atoms with Crippen molar-refractivity contribution in [3.8, 4) is 0 Å². The molecule has 14 heteroatoms. The second-order valence-corrected chi connectivity index (χ2v) is 9.54. The summed E-state index contributed by atoms with van der Waals surface area (Å²) < 4.78 is 0. The Morgan fingerprint density at radius 3 is 1.95 bits per heavy atom. The normalized spacial score (nSPS) is 13.8. The van der Waals surface area contributed by atoms with Gasteiger partial charge in [0.1, 0.15) is 24.2 Å². The van der Waals surface area contributed by atoms with E-state index in [9.17, 15) is 29.1 Å². The molecule has 0 spiro atoms. The highest BCUT2D eigenvalue weighted by atomic mass is 16.3. The number of aliphatic hydroxyl groups excluding tert-OH is 1. The summed E-state index contributed by atoms with van der Waals surface area (Å²) in [5.74, 6) is -4.25. The third-order valence-electron chi connectivity index (χ3n) is 5.56. The van der Waals surface area contributed by atoms with Crippen LogP contribution in [0.4, 0.5) is 0 Å². The van der Waals surface area contributed by atoms with E-state index in [0.717, 1.165) is 5.56 Å². The predicted molar refractivity (Wildman–Crippen MR) is 144 cm³/mol. The van der Waals surface area contributed by atoms with Crippen LogP contribution in [0.25, 0.3) is 0 Å². The monoisotopic (exact) mass is 548 g/mol. The van der Waals surface area contributed by atoms with Gasteiger partial charge < -0.3 is 44.0 Å². The van der Waals surface area contributed by atoms with Gasteiger partial charge in [0.25, 0.3) is 0 Å². The fourth-order valence-corrected chi connectivity index (χ4v) is 3.64. The first-order valence-electron chi connectivity index (χ1n) is 12.6. The van der Waals surface area contributed by atoms with Crippen LogP contribution < -0.4 is 38.9 Å². The summed E-state index contributed by atoms with van der Waals surface area (Å²) in [6.45, 7) is 3.83. The molecule has 1 aromatic carbocycles. The Morgan fingerprint density at radius 2 is 1.41 bits per heavy atom. The van der Waals surface area contributed by atoms with Crippen LogP contribution in [0.15, 0.2) is 35.3 Å². The van der Waals surface area contributed by atoms with E-state index in [1.165, 1.54) is 0 Å². The van der Waals surface area contributed by atoms with Gasteiger partial charge in [-0.2, -0.15) is 0 Å². The quantitative estimate of drug-likeness (QED) is 0.0585. The van der Waals surface area contributed by atoms with Crippen LogP contribution in [0, 0.1) is 5.92 Å². The molecule has 1 rings (SSSR count). The Balaban J connectivity index is 3.03.